The molecule has 0 aromatic rings. The van der Waals surface area contributed by atoms with Crippen LogP contribution in [0, 0.1) is 17.8 Å². The van der Waals surface area contributed by atoms with E-state index in [9.17, 15) is 9.59 Å². The second kappa shape index (κ2) is 2.57. The fourth-order valence-electron chi connectivity index (χ4n) is 2.32. The molecule has 1 saturated carbocycles. The maximum atomic E-state index is 11.2. The summed E-state index contributed by atoms with van der Waals surface area (Å²) >= 11 is 0. The van der Waals surface area contributed by atoms with E-state index >= 15 is 0 Å². The van der Waals surface area contributed by atoms with Crippen LogP contribution >= 0.6 is 0 Å². The first kappa shape index (κ1) is 7.77. The highest BCUT2D eigenvalue weighted by atomic mass is 16.6. The maximum absolute atomic E-state index is 11.2. The van der Waals surface area contributed by atoms with Gasteiger partial charge in [-0.2, -0.15) is 0 Å². The standard InChI is InChI=1S/C9H12O3/c1-5-3-2-4-6-7(5)9(11)12-8(6)10/h5-7H,2-4H2,1H3/t5?,6-,7+/m0/s1. The van der Waals surface area contributed by atoms with E-state index in [2.05, 4.69) is 4.74 Å². The predicted octanol–water partition coefficient (Wildman–Crippen LogP) is 1.12. The Hall–Kier alpha value is -0.860. The minimum absolute atomic E-state index is 0.124. The monoisotopic (exact) mass is 168 g/mol. The van der Waals surface area contributed by atoms with Gasteiger partial charge in [0.15, 0.2) is 0 Å². The molecule has 2 aliphatic rings. The van der Waals surface area contributed by atoms with E-state index in [0.29, 0.717) is 5.92 Å². The molecule has 0 amide bonds. The minimum atomic E-state index is -0.295. The zero-order valence-corrected chi connectivity index (χ0v) is 7.08. The molecule has 1 saturated heterocycles. The van der Waals surface area contributed by atoms with Crippen LogP contribution in [-0.2, 0) is 14.3 Å². The zero-order valence-electron chi connectivity index (χ0n) is 7.08. The number of esters is 2. The summed E-state index contributed by atoms with van der Waals surface area (Å²) in [5, 5.41) is 0. The number of fused-ring (bicyclic) bond motifs is 1. The van der Waals surface area contributed by atoms with Gasteiger partial charge in [-0.1, -0.05) is 13.3 Å². The summed E-state index contributed by atoms with van der Waals surface area (Å²) in [5.41, 5.74) is 0. The molecule has 1 unspecified atom stereocenters. The third kappa shape index (κ3) is 0.958. The number of hydrogen-bond acceptors (Lipinski definition) is 3. The molecule has 0 aromatic heterocycles. The van der Waals surface area contributed by atoms with E-state index in [-0.39, 0.29) is 23.8 Å². The highest BCUT2D eigenvalue weighted by molar-refractivity contribution is 5.96. The van der Waals surface area contributed by atoms with Crippen LogP contribution in [0.4, 0.5) is 0 Å². The van der Waals surface area contributed by atoms with Crippen molar-refractivity contribution in [3.63, 3.8) is 0 Å². The third-order valence-corrected chi connectivity index (χ3v) is 3.00. The number of carbonyl (C=O) groups is 2. The number of hydrogen-bond donors (Lipinski definition) is 0. The van der Waals surface area contributed by atoms with Crippen molar-refractivity contribution in [1.82, 2.24) is 0 Å². The summed E-state index contributed by atoms with van der Waals surface area (Å²) in [4.78, 5) is 22.3. The zero-order chi connectivity index (χ0) is 8.72. The molecule has 12 heavy (non-hydrogen) atoms. The molecule has 2 rings (SSSR count). The average molecular weight is 168 g/mol. The predicted molar refractivity (Wildman–Crippen MR) is 41.1 cm³/mol. The van der Waals surface area contributed by atoms with Gasteiger partial charge in [0.1, 0.15) is 0 Å². The lowest BCUT2D eigenvalue weighted by molar-refractivity contribution is -0.154. The molecule has 0 N–H and O–H groups in total. The molecule has 3 heteroatoms. The van der Waals surface area contributed by atoms with Crippen LogP contribution < -0.4 is 0 Å². The van der Waals surface area contributed by atoms with Crippen molar-refractivity contribution in [1.29, 1.82) is 0 Å². The molecule has 3 atom stereocenters. The van der Waals surface area contributed by atoms with Crippen LogP contribution in [0.5, 0.6) is 0 Å². The van der Waals surface area contributed by atoms with Gasteiger partial charge < -0.3 is 4.74 Å². The molecular weight excluding hydrogens is 156 g/mol. The Morgan fingerprint density at radius 3 is 2.67 bits per heavy atom. The molecular formula is C9H12O3. The molecule has 66 valence electrons. The van der Waals surface area contributed by atoms with E-state index < -0.39 is 0 Å². The van der Waals surface area contributed by atoms with E-state index in [4.69, 9.17) is 0 Å². The smallest absolute Gasteiger partial charge is 0.317 e. The van der Waals surface area contributed by atoms with Crippen molar-refractivity contribution in [2.45, 2.75) is 26.2 Å². The van der Waals surface area contributed by atoms with Crippen LogP contribution in [0.1, 0.15) is 26.2 Å². The van der Waals surface area contributed by atoms with Crippen LogP contribution in [0.3, 0.4) is 0 Å². The Labute approximate surface area is 71.1 Å². The van der Waals surface area contributed by atoms with E-state index in [1.807, 2.05) is 6.92 Å². The van der Waals surface area contributed by atoms with Gasteiger partial charge in [0.05, 0.1) is 11.8 Å². The van der Waals surface area contributed by atoms with Gasteiger partial charge in [0.25, 0.3) is 0 Å². The number of ether oxygens (including phenoxy) is 1. The second-order valence-corrected chi connectivity index (χ2v) is 3.78. The lowest BCUT2D eigenvalue weighted by atomic mass is 9.74. The molecule has 2 fully saturated rings. The molecule has 0 radical (unpaired) electrons. The fourth-order valence-corrected chi connectivity index (χ4v) is 2.32. The van der Waals surface area contributed by atoms with E-state index in [1.165, 1.54) is 0 Å². The third-order valence-electron chi connectivity index (χ3n) is 3.00. The van der Waals surface area contributed by atoms with Gasteiger partial charge in [0, 0.05) is 0 Å². The summed E-state index contributed by atoms with van der Waals surface area (Å²) < 4.78 is 4.60. The van der Waals surface area contributed by atoms with Gasteiger partial charge >= 0.3 is 11.9 Å². The summed E-state index contributed by atoms with van der Waals surface area (Å²) in [6.07, 6.45) is 2.92. The van der Waals surface area contributed by atoms with Crippen molar-refractivity contribution in [3.05, 3.63) is 0 Å². The Balaban J connectivity index is 2.24. The van der Waals surface area contributed by atoms with Crippen molar-refractivity contribution < 1.29 is 14.3 Å². The summed E-state index contributed by atoms with van der Waals surface area (Å²) in [5.74, 6) is -0.524. The van der Waals surface area contributed by atoms with Crippen molar-refractivity contribution in [2.75, 3.05) is 0 Å². The summed E-state index contributed by atoms with van der Waals surface area (Å²) in [7, 11) is 0. The first-order valence-corrected chi connectivity index (χ1v) is 4.45. The highest BCUT2D eigenvalue weighted by Crippen LogP contribution is 2.40. The van der Waals surface area contributed by atoms with Gasteiger partial charge in [-0.3, -0.25) is 9.59 Å². The average Bonchev–Trinajstić information content (AvgIpc) is 2.29. The Morgan fingerprint density at radius 1 is 1.25 bits per heavy atom. The number of rotatable bonds is 0. The molecule has 1 aliphatic carbocycles. The summed E-state index contributed by atoms with van der Waals surface area (Å²) in [6, 6.07) is 0. The minimum Gasteiger partial charge on any atom is -0.393 e. The molecule has 3 nitrogen and oxygen atoms in total. The fraction of sp³-hybridized carbons (Fsp3) is 0.778. The normalized spacial score (nSPS) is 40.9. The molecule has 0 aromatic carbocycles. The Kier molecular flexibility index (Phi) is 1.67. The van der Waals surface area contributed by atoms with Gasteiger partial charge in [0.2, 0.25) is 0 Å². The van der Waals surface area contributed by atoms with Crippen LogP contribution in [0.15, 0.2) is 0 Å². The van der Waals surface area contributed by atoms with Gasteiger partial charge in [-0.05, 0) is 18.8 Å². The molecule has 1 aliphatic heterocycles. The van der Waals surface area contributed by atoms with Gasteiger partial charge in [-0.25, -0.2) is 0 Å². The van der Waals surface area contributed by atoms with Crippen molar-refractivity contribution in [2.24, 2.45) is 17.8 Å². The maximum Gasteiger partial charge on any atom is 0.317 e. The Bertz CT molecular complexity index is 234. The molecule has 0 spiro atoms. The van der Waals surface area contributed by atoms with Crippen molar-refractivity contribution in [3.8, 4) is 0 Å². The van der Waals surface area contributed by atoms with Crippen LogP contribution in [0.25, 0.3) is 0 Å². The highest BCUT2D eigenvalue weighted by Gasteiger charge is 2.48. The molecule has 0 bridgehead atoms. The lowest BCUT2D eigenvalue weighted by Crippen LogP contribution is -2.28. The van der Waals surface area contributed by atoms with Crippen LogP contribution in [0.2, 0.25) is 0 Å². The molecule has 1 heterocycles. The quantitative estimate of drug-likeness (QED) is 0.402. The number of cyclic esters (lactones) is 2. The first-order valence-electron chi connectivity index (χ1n) is 4.45. The van der Waals surface area contributed by atoms with Crippen LogP contribution in [-0.4, -0.2) is 11.9 Å². The first-order chi connectivity index (χ1) is 5.70. The van der Waals surface area contributed by atoms with Crippen molar-refractivity contribution >= 4 is 11.9 Å². The number of carbonyl (C=O) groups excluding carboxylic acids is 2. The van der Waals surface area contributed by atoms with E-state index in [1.54, 1.807) is 0 Å². The largest absolute Gasteiger partial charge is 0.393 e. The van der Waals surface area contributed by atoms with Gasteiger partial charge in [-0.15, -0.1) is 0 Å². The topological polar surface area (TPSA) is 43.4 Å². The Morgan fingerprint density at radius 2 is 2.00 bits per heavy atom. The lowest BCUT2D eigenvalue weighted by Gasteiger charge is -2.25. The SMILES string of the molecule is CC1CCC[C@@H]2C(=O)OC(=O)[C@H]12. The van der Waals surface area contributed by atoms with E-state index in [0.717, 1.165) is 19.3 Å². The second-order valence-electron chi connectivity index (χ2n) is 3.78. The summed E-state index contributed by atoms with van der Waals surface area (Å²) in [6.45, 7) is 2.02.